The Balaban J connectivity index is 1.61. The van der Waals surface area contributed by atoms with Crippen LogP contribution in [0, 0.1) is 0 Å². The highest BCUT2D eigenvalue weighted by Crippen LogP contribution is 2.45. The maximum absolute atomic E-state index is 11.9. The minimum atomic E-state index is -0.333. The van der Waals surface area contributed by atoms with Crippen LogP contribution in [0.3, 0.4) is 0 Å². The topological polar surface area (TPSA) is 202 Å². The van der Waals surface area contributed by atoms with Crippen molar-refractivity contribution in [3.05, 3.63) is 129 Å². The molecule has 10 heteroatoms. The van der Waals surface area contributed by atoms with Gasteiger partial charge in [0.05, 0.1) is 0 Å². The number of aromatic hydroxyl groups is 10. The Morgan fingerprint density at radius 2 is 0.521 bits per heavy atom. The van der Waals surface area contributed by atoms with Gasteiger partial charge in [-0.05, 0) is 106 Å². The van der Waals surface area contributed by atoms with Gasteiger partial charge in [0.2, 0.25) is 0 Å². The zero-order chi connectivity index (χ0) is 34.3. The largest absolute Gasteiger partial charge is 0.507 e. The fourth-order valence-corrected chi connectivity index (χ4v) is 6.03. The van der Waals surface area contributed by atoms with E-state index in [0.29, 0.717) is 55.3 Å². The molecule has 6 rings (SSSR count). The highest BCUT2D eigenvalue weighted by Gasteiger charge is 2.23. The van der Waals surface area contributed by atoms with Crippen molar-refractivity contribution in [2.75, 3.05) is 0 Å². The third kappa shape index (κ3) is 6.19. The van der Waals surface area contributed by atoms with Crippen LogP contribution in [0.1, 0.15) is 44.5 Å². The lowest BCUT2D eigenvalue weighted by molar-refractivity contribution is 0.403. The van der Waals surface area contributed by atoms with Crippen LogP contribution >= 0.6 is 0 Å². The molecule has 0 heterocycles. The van der Waals surface area contributed by atoms with Crippen LogP contribution in [0.25, 0.3) is 10.8 Å². The van der Waals surface area contributed by atoms with Crippen molar-refractivity contribution < 1.29 is 51.1 Å². The first-order valence-corrected chi connectivity index (χ1v) is 14.9. The van der Waals surface area contributed by atoms with E-state index in [0.717, 1.165) is 0 Å². The number of phenolic OH excluding ortho intramolecular Hbond substituents is 10. The molecule has 0 radical (unpaired) electrons. The van der Waals surface area contributed by atoms with Gasteiger partial charge in [0.25, 0.3) is 0 Å². The third-order valence-corrected chi connectivity index (χ3v) is 8.41. The fraction of sp³-hybridized carbons (Fsp3) is 0.105. The van der Waals surface area contributed by atoms with Crippen molar-refractivity contribution in [1.29, 1.82) is 0 Å². The van der Waals surface area contributed by atoms with E-state index < -0.39 is 0 Å². The van der Waals surface area contributed by atoms with Gasteiger partial charge in [0.1, 0.15) is 11.5 Å². The lowest BCUT2D eigenvalue weighted by atomic mass is 9.86. The molecular weight excluding hydrogens is 616 g/mol. The van der Waals surface area contributed by atoms with Crippen molar-refractivity contribution in [2.24, 2.45) is 0 Å². The summed E-state index contributed by atoms with van der Waals surface area (Å²) in [5, 5.41) is 105. The number of benzene rings is 6. The SMILES string of the molecule is Oc1ccc(Cc2cc(Cc3ccc(O)c(O)c3)c3c(O)c(Cc4ccc(O)c(O)c4)cc(Cc4ccc(O)c(O)c4)c3c2O)cc1O. The molecule has 0 bridgehead atoms. The lowest BCUT2D eigenvalue weighted by Crippen LogP contribution is -2.02. The molecule has 0 aromatic heterocycles. The lowest BCUT2D eigenvalue weighted by Gasteiger charge is -2.20. The summed E-state index contributed by atoms with van der Waals surface area (Å²) in [7, 11) is 0. The molecule has 0 saturated carbocycles. The van der Waals surface area contributed by atoms with Crippen LogP contribution in [-0.4, -0.2) is 51.1 Å². The van der Waals surface area contributed by atoms with Crippen LogP contribution in [0.5, 0.6) is 57.5 Å². The van der Waals surface area contributed by atoms with E-state index in [9.17, 15) is 51.1 Å². The minimum absolute atomic E-state index is 0.123. The van der Waals surface area contributed by atoms with Gasteiger partial charge in [-0.15, -0.1) is 0 Å². The molecule has 0 amide bonds. The van der Waals surface area contributed by atoms with Gasteiger partial charge < -0.3 is 51.1 Å². The van der Waals surface area contributed by atoms with Gasteiger partial charge >= 0.3 is 0 Å². The Morgan fingerprint density at radius 1 is 0.271 bits per heavy atom. The van der Waals surface area contributed by atoms with Crippen molar-refractivity contribution in [2.45, 2.75) is 25.7 Å². The predicted molar refractivity (Wildman–Crippen MR) is 178 cm³/mol. The maximum atomic E-state index is 11.9. The summed E-state index contributed by atoms with van der Waals surface area (Å²) in [6, 6.07) is 20.8. The average molecular weight is 649 g/mol. The Kier molecular flexibility index (Phi) is 8.16. The van der Waals surface area contributed by atoms with Crippen molar-refractivity contribution in [3.63, 3.8) is 0 Å². The monoisotopic (exact) mass is 648 g/mol. The van der Waals surface area contributed by atoms with Gasteiger partial charge in [-0.1, -0.05) is 36.4 Å². The molecule has 0 spiro atoms. The fourth-order valence-electron chi connectivity index (χ4n) is 6.03. The van der Waals surface area contributed by atoms with Crippen LogP contribution in [0.15, 0.2) is 84.9 Å². The number of hydrogen-bond donors (Lipinski definition) is 10. The zero-order valence-corrected chi connectivity index (χ0v) is 25.4. The summed E-state index contributed by atoms with van der Waals surface area (Å²) in [4.78, 5) is 0. The Morgan fingerprint density at radius 3 is 0.771 bits per heavy atom. The predicted octanol–water partition coefficient (Wildman–Crippen LogP) is 6.26. The molecule has 0 fully saturated rings. The van der Waals surface area contributed by atoms with Crippen molar-refractivity contribution >= 4 is 10.8 Å². The molecular formula is C38H32O10. The number of phenols is 10. The molecule has 0 saturated heterocycles. The summed E-state index contributed by atoms with van der Waals surface area (Å²) < 4.78 is 0. The smallest absolute Gasteiger partial charge is 0.157 e. The van der Waals surface area contributed by atoms with E-state index >= 15 is 0 Å². The van der Waals surface area contributed by atoms with Crippen LogP contribution in [-0.2, 0) is 25.7 Å². The molecule has 10 N–H and O–H groups in total. The van der Waals surface area contributed by atoms with Gasteiger partial charge in [0, 0.05) is 23.6 Å². The second-order valence-electron chi connectivity index (χ2n) is 11.8. The quantitative estimate of drug-likeness (QED) is 0.0840. The average Bonchev–Trinajstić information content (AvgIpc) is 3.04. The molecule has 0 aliphatic carbocycles. The zero-order valence-electron chi connectivity index (χ0n) is 25.4. The Labute approximate surface area is 274 Å². The van der Waals surface area contributed by atoms with E-state index in [2.05, 4.69) is 0 Å². The minimum Gasteiger partial charge on any atom is -0.507 e. The van der Waals surface area contributed by atoms with Crippen molar-refractivity contribution in [1.82, 2.24) is 0 Å². The molecule has 0 atom stereocenters. The molecule has 0 aliphatic heterocycles. The number of fused-ring (bicyclic) bond motifs is 1. The van der Waals surface area contributed by atoms with E-state index in [1.807, 2.05) is 0 Å². The first kappa shape index (κ1) is 31.6. The molecule has 10 nitrogen and oxygen atoms in total. The van der Waals surface area contributed by atoms with Crippen LogP contribution in [0.2, 0.25) is 0 Å². The second-order valence-corrected chi connectivity index (χ2v) is 11.8. The molecule has 48 heavy (non-hydrogen) atoms. The molecule has 0 unspecified atom stereocenters. The van der Waals surface area contributed by atoms with E-state index in [-0.39, 0.29) is 83.2 Å². The first-order valence-electron chi connectivity index (χ1n) is 14.9. The summed E-state index contributed by atoms with van der Waals surface area (Å²) in [5.41, 5.74) is 4.28. The summed E-state index contributed by atoms with van der Waals surface area (Å²) in [6.07, 6.45) is 0.542. The normalized spacial score (nSPS) is 11.2. The Hall–Kier alpha value is -6.42. The second kappa shape index (κ2) is 12.4. The number of hydrogen-bond acceptors (Lipinski definition) is 10. The number of rotatable bonds is 8. The molecule has 244 valence electrons. The molecule has 6 aromatic carbocycles. The van der Waals surface area contributed by atoms with Gasteiger partial charge in [-0.25, -0.2) is 0 Å². The molecule has 0 aliphatic rings. The first-order chi connectivity index (χ1) is 22.9. The van der Waals surface area contributed by atoms with E-state index in [1.165, 1.54) is 48.5 Å². The van der Waals surface area contributed by atoms with Crippen LogP contribution in [0.4, 0.5) is 0 Å². The van der Waals surface area contributed by atoms with Crippen molar-refractivity contribution in [3.8, 4) is 57.5 Å². The Bertz CT molecular complexity index is 2050. The van der Waals surface area contributed by atoms with Gasteiger partial charge in [0.15, 0.2) is 46.0 Å². The highest BCUT2D eigenvalue weighted by atomic mass is 16.3. The van der Waals surface area contributed by atoms with E-state index in [4.69, 9.17) is 0 Å². The van der Waals surface area contributed by atoms with Gasteiger partial charge in [-0.2, -0.15) is 0 Å². The molecule has 6 aromatic rings. The highest BCUT2D eigenvalue weighted by molar-refractivity contribution is 6.00. The van der Waals surface area contributed by atoms with E-state index in [1.54, 1.807) is 36.4 Å². The van der Waals surface area contributed by atoms with Crippen LogP contribution < -0.4 is 0 Å². The van der Waals surface area contributed by atoms with Gasteiger partial charge in [-0.3, -0.25) is 0 Å². The summed E-state index contributed by atoms with van der Waals surface area (Å²) in [6.45, 7) is 0. The maximum Gasteiger partial charge on any atom is 0.157 e. The standard InChI is InChI=1S/C38H32O10/c39-27-5-1-19(13-31(27)43)9-23-17-25(11-21-3-7-29(41)33(45)15-21)38(48)36-24(10-20-2-6-28(40)32(44)14-20)18-26(37(47)35(23)36)12-22-4-8-30(42)34(46)16-22/h1-8,13-18,39-48H,9-12H2. The summed E-state index contributed by atoms with van der Waals surface area (Å²) in [5.74, 6) is -2.84. The summed E-state index contributed by atoms with van der Waals surface area (Å²) >= 11 is 0. The third-order valence-electron chi connectivity index (χ3n) is 8.41.